The highest BCUT2D eigenvalue weighted by molar-refractivity contribution is 5.87. The van der Waals surface area contributed by atoms with Gasteiger partial charge in [-0.05, 0) is 63.5 Å². The molecule has 0 aromatic heterocycles. The number of rotatable bonds is 4. The van der Waals surface area contributed by atoms with Crippen molar-refractivity contribution in [1.82, 2.24) is 4.90 Å². The van der Waals surface area contributed by atoms with Gasteiger partial charge in [0.15, 0.2) is 0 Å². The van der Waals surface area contributed by atoms with Crippen LogP contribution in [0.5, 0.6) is 0 Å². The zero-order valence-electron chi connectivity index (χ0n) is 12.2. The van der Waals surface area contributed by atoms with Gasteiger partial charge in [0.25, 0.3) is 0 Å². The molecule has 2 unspecified atom stereocenters. The lowest BCUT2D eigenvalue weighted by Crippen LogP contribution is -2.39. The predicted octanol–water partition coefficient (Wildman–Crippen LogP) is 2.32. The molecule has 1 aromatic rings. The number of piperidine rings is 1. The van der Waals surface area contributed by atoms with Gasteiger partial charge in [0.05, 0.1) is 0 Å². The normalized spacial score (nSPS) is 21.2. The van der Waals surface area contributed by atoms with Gasteiger partial charge in [-0.2, -0.15) is 0 Å². The van der Waals surface area contributed by atoms with Crippen LogP contribution in [0.2, 0.25) is 0 Å². The van der Waals surface area contributed by atoms with Gasteiger partial charge in [0.1, 0.15) is 0 Å². The van der Waals surface area contributed by atoms with Crippen molar-refractivity contribution in [1.29, 1.82) is 0 Å². The lowest BCUT2D eigenvalue weighted by Gasteiger charge is -2.34. The van der Waals surface area contributed by atoms with Gasteiger partial charge >= 0.3 is 6.03 Å². The minimum atomic E-state index is -0.538. The van der Waals surface area contributed by atoms with E-state index in [0.717, 1.165) is 12.2 Å². The third kappa shape index (κ3) is 4.13. The zero-order chi connectivity index (χ0) is 14.5. The van der Waals surface area contributed by atoms with Gasteiger partial charge in [-0.1, -0.05) is 0 Å². The Labute approximate surface area is 120 Å². The lowest BCUT2D eigenvalue weighted by molar-refractivity contribution is 0.197. The molecule has 2 rings (SSSR count). The first-order chi connectivity index (χ1) is 9.54. The zero-order valence-corrected chi connectivity index (χ0v) is 12.2. The lowest BCUT2D eigenvalue weighted by atomic mass is 9.92. The molecule has 0 aliphatic carbocycles. The second-order valence-electron chi connectivity index (χ2n) is 5.66. The minimum Gasteiger partial charge on any atom is -0.382 e. The van der Waals surface area contributed by atoms with Crippen LogP contribution in [0.1, 0.15) is 19.8 Å². The molecule has 2 amide bonds. The van der Waals surface area contributed by atoms with Crippen molar-refractivity contribution in [3.05, 3.63) is 24.3 Å². The Morgan fingerprint density at radius 2 is 2.00 bits per heavy atom. The second-order valence-corrected chi connectivity index (χ2v) is 5.66. The molecule has 5 nitrogen and oxygen atoms in total. The number of primary amides is 1. The van der Waals surface area contributed by atoms with Crippen LogP contribution in [0.3, 0.4) is 0 Å². The van der Waals surface area contributed by atoms with Crippen molar-refractivity contribution in [2.24, 2.45) is 11.7 Å². The van der Waals surface area contributed by atoms with Crippen molar-refractivity contribution >= 4 is 17.4 Å². The van der Waals surface area contributed by atoms with E-state index in [9.17, 15) is 4.79 Å². The van der Waals surface area contributed by atoms with E-state index in [1.165, 1.54) is 19.4 Å². The smallest absolute Gasteiger partial charge is 0.316 e. The topological polar surface area (TPSA) is 70.4 Å². The summed E-state index contributed by atoms with van der Waals surface area (Å²) in [7, 11) is 2.18. The first-order valence-electron chi connectivity index (χ1n) is 7.16. The standard InChI is InChI=1S/C15H24N4O/c1-11(12-4-3-9-19(2)10-12)17-13-5-7-14(8-6-13)18-15(16)20/h5-8,11-12,17H,3-4,9-10H2,1-2H3,(H3,16,18,20). The SMILES string of the molecule is CC(Nc1ccc(NC(N)=O)cc1)C1CCCN(C)C1. The molecule has 110 valence electrons. The molecule has 1 aliphatic heterocycles. The molecule has 2 atom stereocenters. The molecule has 1 saturated heterocycles. The molecular formula is C15H24N4O. The summed E-state index contributed by atoms with van der Waals surface area (Å²) in [6.45, 7) is 4.59. The van der Waals surface area contributed by atoms with E-state index in [2.05, 4.69) is 29.5 Å². The molecule has 0 saturated carbocycles. The summed E-state index contributed by atoms with van der Waals surface area (Å²) in [6, 6.07) is 7.54. The first kappa shape index (κ1) is 14.7. The van der Waals surface area contributed by atoms with Gasteiger partial charge in [-0.3, -0.25) is 0 Å². The number of hydrogen-bond donors (Lipinski definition) is 3. The number of anilines is 2. The van der Waals surface area contributed by atoms with E-state index in [4.69, 9.17) is 5.73 Å². The van der Waals surface area contributed by atoms with Crippen LogP contribution in [0.25, 0.3) is 0 Å². The van der Waals surface area contributed by atoms with Gasteiger partial charge in [-0.25, -0.2) is 4.79 Å². The van der Waals surface area contributed by atoms with Crippen LogP contribution in [-0.4, -0.2) is 37.1 Å². The summed E-state index contributed by atoms with van der Waals surface area (Å²) in [5.41, 5.74) is 6.87. The number of likely N-dealkylation sites (tertiary alicyclic amines) is 1. The van der Waals surface area contributed by atoms with Crippen LogP contribution in [0.15, 0.2) is 24.3 Å². The number of nitrogens with zero attached hydrogens (tertiary/aromatic N) is 1. The number of benzene rings is 1. The van der Waals surface area contributed by atoms with Crippen LogP contribution in [0, 0.1) is 5.92 Å². The monoisotopic (exact) mass is 276 g/mol. The molecule has 0 radical (unpaired) electrons. The third-order valence-electron chi connectivity index (χ3n) is 3.91. The maximum absolute atomic E-state index is 10.8. The highest BCUT2D eigenvalue weighted by Gasteiger charge is 2.22. The Morgan fingerprint density at radius 3 is 2.60 bits per heavy atom. The molecular weight excluding hydrogens is 252 g/mol. The van der Waals surface area contributed by atoms with Crippen LogP contribution in [-0.2, 0) is 0 Å². The maximum Gasteiger partial charge on any atom is 0.316 e. The van der Waals surface area contributed by atoms with Gasteiger partial charge < -0.3 is 21.3 Å². The molecule has 0 spiro atoms. The van der Waals surface area contributed by atoms with E-state index in [0.29, 0.717) is 17.6 Å². The number of nitrogens with two attached hydrogens (primary N) is 1. The van der Waals surface area contributed by atoms with Crippen molar-refractivity contribution in [2.75, 3.05) is 30.8 Å². The summed E-state index contributed by atoms with van der Waals surface area (Å²) in [5, 5.41) is 6.10. The van der Waals surface area contributed by atoms with Crippen LogP contribution < -0.4 is 16.4 Å². The summed E-state index contributed by atoms with van der Waals surface area (Å²) in [6.07, 6.45) is 2.55. The summed E-state index contributed by atoms with van der Waals surface area (Å²) >= 11 is 0. The van der Waals surface area contributed by atoms with Gasteiger partial charge in [-0.15, -0.1) is 0 Å². The molecule has 0 bridgehead atoms. The molecule has 4 N–H and O–H groups in total. The maximum atomic E-state index is 10.8. The van der Waals surface area contributed by atoms with E-state index < -0.39 is 6.03 Å². The van der Waals surface area contributed by atoms with Crippen LogP contribution >= 0.6 is 0 Å². The summed E-state index contributed by atoms with van der Waals surface area (Å²) in [5.74, 6) is 0.678. The molecule has 5 heteroatoms. The molecule has 1 aromatic carbocycles. The minimum absolute atomic E-state index is 0.438. The van der Waals surface area contributed by atoms with Crippen molar-refractivity contribution < 1.29 is 4.79 Å². The Kier molecular flexibility index (Phi) is 4.84. The molecule has 1 aliphatic rings. The first-order valence-corrected chi connectivity index (χ1v) is 7.16. The van der Waals surface area contributed by atoms with Gasteiger partial charge in [0, 0.05) is 24.0 Å². The van der Waals surface area contributed by atoms with Crippen molar-refractivity contribution in [3.63, 3.8) is 0 Å². The van der Waals surface area contributed by atoms with Gasteiger partial charge in [0.2, 0.25) is 0 Å². The third-order valence-corrected chi connectivity index (χ3v) is 3.91. The fourth-order valence-corrected chi connectivity index (χ4v) is 2.79. The Hall–Kier alpha value is -1.75. The fourth-order valence-electron chi connectivity index (χ4n) is 2.79. The number of hydrogen-bond acceptors (Lipinski definition) is 3. The quantitative estimate of drug-likeness (QED) is 0.790. The highest BCUT2D eigenvalue weighted by Crippen LogP contribution is 2.22. The number of urea groups is 1. The average molecular weight is 276 g/mol. The molecule has 1 fully saturated rings. The Morgan fingerprint density at radius 1 is 1.35 bits per heavy atom. The van der Waals surface area contributed by atoms with E-state index in [1.807, 2.05) is 24.3 Å². The number of nitrogens with one attached hydrogen (secondary N) is 2. The Bertz CT molecular complexity index is 446. The van der Waals surface area contributed by atoms with E-state index in [-0.39, 0.29) is 0 Å². The summed E-state index contributed by atoms with van der Waals surface area (Å²) in [4.78, 5) is 13.2. The number of amides is 2. The van der Waals surface area contributed by atoms with Crippen molar-refractivity contribution in [2.45, 2.75) is 25.8 Å². The van der Waals surface area contributed by atoms with E-state index >= 15 is 0 Å². The number of carbonyl (C=O) groups is 1. The van der Waals surface area contributed by atoms with E-state index in [1.54, 1.807) is 0 Å². The molecule has 20 heavy (non-hydrogen) atoms. The Balaban J connectivity index is 1.90. The molecule has 1 heterocycles. The number of carbonyl (C=O) groups excluding carboxylic acids is 1. The average Bonchev–Trinajstić information content (AvgIpc) is 2.40. The van der Waals surface area contributed by atoms with Crippen LogP contribution in [0.4, 0.5) is 16.2 Å². The summed E-state index contributed by atoms with van der Waals surface area (Å²) < 4.78 is 0. The fraction of sp³-hybridized carbons (Fsp3) is 0.533. The second kappa shape index (κ2) is 6.61. The largest absolute Gasteiger partial charge is 0.382 e. The highest BCUT2D eigenvalue weighted by atomic mass is 16.2. The predicted molar refractivity (Wildman–Crippen MR) is 83.0 cm³/mol. The van der Waals surface area contributed by atoms with Crippen molar-refractivity contribution in [3.8, 4) is 0 Å².